The molecule has 2 N–H and O–H groups in total. The second kappa shape index (κ2) is 4.57. The summed E-state index contributed by atoms with van der Waals surface area (Å²) in [6.45, 7) is 1.96. The number of imidazole rings is 1. The third kappa shape index (κ3) is 2.22. The summed E-state index contributed by atoms with van der Waals surface area (Å²) in [6.07, 6.45) is 1.19. The van der Waals surface area contributed by atoms with Gasteiger partial charge in [0, 0.05) is 13.3 Å². The summed E-state index contributed by atoms with van der Waals surface area (Å²) in [5.41, 5.74) is 9.37. The second-order valence-electron chi connectivity index (χ2n) is 5.08. The van der Waals surface area contributed by atoms with Crippen LogP contribution in [0.25, 0.3) is 21.7 Å². The monoisotopic (exact) mass is 321 g/mol. The van der Waals surface area contributed by atoms with Crippen LogP contribution in [-0.4, -0.2) is 24.2 Å². The molecule has 2 aromatic heterocycles. The Morgan fingerprint density at radius 2 is 2.05 bits per heavy atom. The van der Waals surface area contributed by atoms with Gasteiger partial charge in [0.05, 0.1) is 26.5 Å². The molecule has 0 unspecified atom stereocenters. The number of aromatic nitrogens is 2. The van der Waals surface area contributed by atoms with E-state index in [1.807, 2.05) is 23.9 Å². The fourth-order valence-electron chi connectivity index (χ4n) is 2.24. The lowest BCUT2D eigenvalue weighted by atomic mass is 10.3. The van der Waals surface area contributed by atoms with E-state index >= 15 is 0 Å². The van der Waals surface area contributed by atoms with Gasteiger partial charge < -0.3 is 10.3 Å². The van der Waals surface area contributed by atoms with Crippen molar-refractivity contribution < 1.29 is 8.42 Å². The molecule has 5 nitrogen and oxygen atoms in total. The molecule has 0 saturated carbocycles. The minimum absolute atomic E-state index is 0.273. The van der Waals surface area contributed by atoms with Gasteiger partial charge in [0.15, 0.2) is 15.7 Å². The lowest BCUT2D eigenvalue weighted by Crippen LogP contribution is -1.97. The van der Waals surface area contributed by atoms with E-state index in [0.717, 1.165) is 27.5 Å². The molecule has 0 bridgehead atoms. The first kappa shape index (κ1) is 14.1. The van der Waals surface area contributed by atoms with Gasteiger partial charge in [-0.1, -0.05) is 0 Å². The number of fused-ring (bicyclic) bond motifs is 1. The number of sulfone groups is 1. The average Bonchev–Trinajstić information content (AvgIpc) is 2.90. The maximum Gasteiger partial charge on any atom is 0.175 e. The van der Waals surface area contributed by atoms with Crippen molar-refractivity contribution in [2.75, 3.05) is 12.0 Å². The molecule has 1 aromatic carbocycles. The molecule has 0 aliphatic heterocycles. The summed E-state index contributed by atoms with van der Waals surface area (Å²) in [5.74, 6) is 0.756. The number of thiophene rings is 1. The molecule has 110 valence electrons. The molecule has 0 aliphatic rings. The van der Waals surface area contributed by atoms with Gasteiger partial charge in [-0.25, -0.2) is 13.4 Å². The quantitative estimate of drug-likeness (QED) is 0.787. The van der Waals surface area contributed by atoms with Gasteiger partial charge in [-0.15, -0.1) is 11.3 Å². The minimum atomic E-state index is -3.24. The smallest absolute Gasteiger partial charge is 0.175 e. The number of aryl methyl sites for hydroxylation is 2. The minimum Gasteiger partial charge on any atom is -0.397 e. The molecule has 0 spiro atoms. The zero-order valence-electron chi connectivity index (χ0n) is 11.9. The van der Waals surface area contributed by atoms with Crippen LogP contribution in [0.4, 0.5) is 5.69 Å². The molecule has 0 aliphatic carbocycles. The van der Waals surface area contributed by atoms with Gasteiger partial charge in [0.2, 0.25) is 0 Å². The SMILES string of the molecule is Cc1csc(-c2nc3cc(S(C)(=O)=O)ccc3n2C)c1N. The highest BCUT2D eigenvalue weighted by Crippen LogP contribution is 2.35. The summed E-state index contributed by atoms with van der Waals surface area (Å²) in [7, 11) is -1.34. The van der Waals surface area contributed by atoms with E-state index in [1.54, 1.807) is 29.5 Å². The Kier molecular flexibility index (Phi) is 3.07. The van der Waals surface area contributed by atoms with Gasteiger partial charge in [-0.05, 0) is 36.1 Å². The molecule has 7 heteroatoms. The summed E-state index contributed by atoms with van der Waals surface area (Å²) in [6, 6.07) is 4.98. The van der Waals surface area contributed by atoms with Crippen LogP contribution in [0.15, 0.2) is 28.5 Å². The predicted octanol–water partition coefficient (Wildman–Crippen LogP) is 2.60. The summed E-state index contributed by atoms with van der Waals surface area (Å²) < 4.78 is 25.2. The molecule has 3 aromatic rings. The van der Waals surface area contributed by atoms with E-state index in [9.17, 15) is 8.42 Å². The van der Waals surface area contributed by atoms with Gasteiger partial charge >= 0.3 is 0 Å². The molecule has 3 rings (SSSR count). The highest BCUT2D eigenvalue weighted by molar-refractivity contribution is 7.90. The Balaban J connectivity index is 2.27. The number of anilines is 1. The first-order valence-corrected chi connectivity index (χ1v) is 9.06. The zero-order valence-corrected chi connectivity index (χ0v) is 13.5. The van der Waals surface area contributed by atoms with Crippen molar-refractivity contribution in [3.63, 3.8) is 0 Å². The summed E-state index contributed by atoms with van der Waals surface area (Å²) >= 11 is 1.54. The molecule has 0 radical (unpaired) electrons. The molecular weight excluding hydrogens is 306 g/mol. The van der Waals surface area contributed by atoms with Gasteiger partial charge in [0.25, 0.3) is 0 Å². The van der Waals surface area contributed by atoms with Crippen LogP contribution in [0.1, 0.15) is 5.56 Å². The first-order chi connectivity index (χ1) is 9.79. The number of nitrogens with two attached hydrogens (primary N) is 1. The normalized spacial score (nSPS) is 12.1. The number of hydrogen-bond acceptors (Lipinski definition) is 5. The average molecular weight is 321 g/mol. The Labute approximate surface area is 127 Å². The van der Waals surface area contributed by atoms with Gasteiger partial charge in [-0.3, -0.25) is 0 Å². The van der Waals surface area contributed by atoms with E-state index in [2.05, 4.69) is 4.98 Å². The molecular formula is C14H15N3O2S2. The second-order valence-corrected chi connectivity index (χ2v) is 7.97. The highest BCUT2D eigenvalue weighted by Gasteiger charge is 2.17. The van der Waals surface area contributed by atoms with Crippen LogP contribution >= 0.6 is 11.3 Å². The van der Waals surface area contributed by atoms with Gasteiger partial charge in [0.1, 0.15) is 0 Å². The molecule has 0 amide bonds. The fourth-order valence-corrected chi connectivity index (χ4v) is 3.88. The molecule has 0 atom stereocenters. The third-order valence-electron chi connectivity index (χ3n) is 3.51. The zero-order chi connectivity index (χ0) is 15.4. The molecule has 0 saturated heterocycles. The van der Waals surface area contributed by atoms with Crippen LogP contribution < -0.4 is 5.73 Å². The lowest BCUT2D eigenvalue weighted by Gasteiger charge is -2.02. The van der Waals surface area contributed by atoms with Crippen LogP contribution in [0.3, 0.4) is 0 Å². The Hall–Kier alpha value is -1.86. The van der Waals surface area contributed by atoms with Crippen molar-refractivity contribution in [3.05, 3.63) is 29.1 Å². The fraction of sp³-hybridized carbons (Fsp3) is 0.214. The number of nitrogens with zero attached hydrogens (tertiary/aromatic N) is 2. The van der Waals surface area contributed by atoms with E-state index in [-0.39, 0.29) is 4.90 Å². The maximum absolute atomic E-state index is 11.6. The Bertz CT molecular complexity index is 952. The van der Waals surface area contributed by atoms with E-state index < -0.39 is 9.84 Å². The number of rotatable bonds is 2. The number of nitrogen functional groups attached to an aromatic ring is 1. The molecule has 21 heavy (non-hydrogen) atoms. The summed E-state index contributed by atoms with van der Waals surface area (Å²) in [5, 5.41) is 1.99. The van der Waals surface area contributed by atoms with Crippen molar-refractivity contribution in [1.29, 1.82) is 0 Å². The van der Waals surface area contributed by atoms with Crippen molar-refractivity contribution in [2.24, 2.45) is 7.05 Å². The Morgan fingerprint density at radius 1 is 1.33 bits per heavy atom. The first-order valence-electron chi connectivity index (χ1n) is 6.29. The number of benzene rings is 1. The van der Waals surface area contributed by atoms with Crippen molar-refractivity contribution >= 4 is 37.9 Å². The number of hydrogen-bond donors (Lipinski definition) is 1. The molecule has 2 heterocycles. The van der Waals surface area contributed by atoms with Crippen LogP contribution in [-0.2, 0) is 16.9 Å². The van der Waals surface area contributed by atoms with Crippen molar-refractivity contribution in [2.45, 2.75) is 11.8 Å². The van der Waals surface area contributed by atoms with Gasteiger partial charge in [-0.2, -0.15) is 0 Å². The molecule has 0 fully saturated rings. The topological polar surface area (TPSA) is 78.0 Å². The van der Waals surface area contributed by atoms with E-state index in [1.165, 1.54) is 6.26 Å². The van der Waals surface area contributed by atoms with E-state index in [0.29, 0.717) is 5.52 Å². The summed E-state index contributed by atoms with van der Waals surface area (Å²) in [4.78, 5) is 5.74. The third-order valence-corrected chi connectivity index (χ3v) is 5.73. The van der Waals surface area contributed by atoms with Crippen LogP contribution in [0.2, 0.25) is 0 Å². The maximum atomic E-state index is 11.6. The highest BCUT2D eigenvalue weighted by atomic mass is 32.2. The Morgan fingerprint density at radius 3 is 2.62 bits per heavy atom. The van der Waals surface area contributed by atoms with Crippen molar-refractivity contribution in [1.82, 2.24) is 9.55 Å². The van der Waals surface area contributed by atoms with Crippen molar-refractivity contribution in [3.8, 4) is 10.7 Å². The van der Waals surface area contributed by atoms with Crippen LogP contribution in [0, 0.1) is 6.92 Å². The standard InChI is InChI=1S/C14H15N3O2S2/c1-8-7-20-13(12(8)15)14-16-10-6-9(21(3,18)19)4-5-11(10)17(14)2/h4-7H,15H2,1-3H3. The predicted molar refractivity (Wildman–Crippen MR) is 86.3 cm³/mol. The van der Waals surface area contributed by atoms with Crippen LogP contribution in [0.5, 0.6) is 0 Å². The largest absolute Gasteiger partial charge is 0.397 e. The van der Waals surface area contributed by atoms with E-state index in [4.69, 9.17) is 5.73 Å². The lowest BCUT2D eigenvalue weighted by molar-refractivity contribution is 0.602.